The van der Waals surface area contributed by atoms with Gasteiger partial charge in [0.2, 0.25) is 0 Å². The average molecular weight is 552 g/mol. The lowest BCUT2D eigenvalue weighted by molar-refractivity contribution is -0.137. The van der Waals surface area contributed by atoms with Gasteiger partial charge in [-0.2, -0.15) is 18.3 Å². The molecule has 40 heavy (non-hydrogen) atoms. The molecule has 9 nitrogen and oxygen atoms in total. The van der Waals surface area contributed by atoms with Crippen LogP contribution in [0, 0.1) is 0 Å². The Hall–Kier alpha value is -4.35. The first-order valence-electron chi connectivity index (χ1n) is 12.8. The van der Waals surface area contributed by atoms with Crippen LogP contribution in [-0.4, -0.2) is 71.4 Å². The van der Waals surface area contributed by atoms with Gasteiger partial charge in [-0.3, -0.25) is 9.59 Å². The molecule has 1 aliphatic rings. The number of nitrogens with zero attached hydrogens (tertiary/aromatic N) is 7. The molecule has 2 amide bonds. The summed E-state index contributed by atoms with van der Waals surface area (Å²) in [6.07, 6.45) is -0.0479. The third-order valence-corrected chi connectivity index (χ3v) is 7.04. The van der Waals surface area contributed by atoms with Gasteiger partial charge in [0.25, 0.3) is 11.8 Å². The SMILES string of the molecule is CC(C)c1cc(-c2ccc(C(F)(F)F)cc2)nn2cc(C(=O)N3CCN(C(=O)c4ccncn4)CC3(C)C)nc12. The number of carbonyl (C=O) groups excluding carboxylic acids is 2. The molecule has 0 bridgehead atoms. The molecule has 1 aliphatic heterocycles. The minimum atomic E-state index is -4.43. The number of benzene rings is 1. The number of halogens is 3. The fraction of sp³-hybridized carbons (Fsp3) is 0.357. The molecule has 4 aromatic rings. The quantitative estimate of drug-likeness (QED) is 0.365. The molecule has 0 saturated carbocycles. The van der Waals surface area contributed by atoms with Crippen LogP contribution >= 0.6 is 0 Å². The topological polar surface area (TPSA) is 96.6 Å². The number of imidazole rings is 1. The van der Waals surface area contributed by atoms with E-state index in [1.54, 1.807) is 28.1 Å². The second-order valence-electron chi connectivity index (χ2n) is 10.7. The maximum Gasteiger partial charge on any atom is 0.416 e. The van der Waals surface area contributed by atoms with Crippen molar-refractivity contribution in [2.45, 2.75) is 45.3 Å². The summed E-state index contributed by atoms with van der Waals surface area (Å²) in [6, 6.07) is 8.17. The van der Waals surface area contributed by atoms with Crippen LogP contribution in [-0.2, 0) is 6.18 Å². The Labute approximate surface area is 228 Å². The number of hydrogen-bond acceptors (Lipinski definition) is 6. The molecular weight excluding hydrogens is 523 g/mol. The van der Waals surface area contributed by atoms with Crippen LogP contribution in [0.4, 0.5) is 13.2 Å². The Morgan fingerprint density at radius 1 is 1.00 bits per heavy atom. The van der Waals surface area contributed by atoms with Crippen LogP contribution in [0.2, 0.25) is 0 Å². The lowest BCUT2D eigenvalue weighted by Crippen LogP contribution is -2.62. The van der Waals surface area contributed by atoms with E-state index in [4.69, 9.17) is 0 Å². The molecule has 1 fully saturated rings. The number of rotatable bonds is 4. The summed E-state index contributed by atoms with van der Waals surface area (Å²) >= 11 is 0. The van der Waals surface area contributed by atoms with Gasteiger partial charge in [-0.1, -0.05) is 26.0 Å². The minimum Gasteiger partial charge on any atom is -0.333 e. The maximum atomic E-state index is 13.7. The van der Waals surface area contributed by atoms with Crippen molar-refractivity contribution in [3.63, 3.8) is 0 Å². The summed E-state index contributed by atoms with van der Waals surface area (Å²) in [4.78, 5) is 42.5. The molecule has 4 heterocycles. The largest absolute Gasteiger partial charge is 0.416 e. The Bertz CT molecular complexity index is 1560. The van der Waals surface area contributed by atoms with Crippen molar-refractivity contribution in [3.8, 4) is 11.3 Å². The second-order valence-corrected chi connectivity index (χ2v) is 10.7. The van der Waals surface area contributed by atoms with E-state index < -0.39 is 17.3 Å². The molecule has 3 aromatic heterocycles. The van der Waals surface area contributed by atoms with Crippen LogP contribution in [0.3, 0.4) is 0 Å². The van der Waals surface area contributed by atoms with Crippen molar-refractivity contribution < 1.29 is 22.8 Å². The third-order valence-electron chi connectivity index (χ3n) is 7.04. The van der Waals surface area contributed by atoms with E-state index in [9.17, 15) is 22.8 Å². The van der Waals surface area contributed by atoms with Gasteiger partial charge < -0.3 is 9.80 Å². The highest BCUT2D eigenvalue weighted by molar-refractivity contribution is 5.95. The molecular formula is C28H28F3N7O2. The lowest BCUT2D eigenvalue weighted by atomic mass is 9.98. The molecule has 1 saturated heterocycles. The summed E-state index contributed by atoms with van der Waals surface area (Å²) < 4.78 is 40.6. The molecule has 0 aliphatic carbocycles. The normalized spacial score (nSPS) is 15.6. The highest BCUT2D eigenvalue weighted by Crippen LogP contribution is 2.32. The molecule has 1 aromatic carbocycles. The highest BCUT2D eigenvalue weighted by atomic mass is 19.4. The molecule has 0 N–H and O–H groups in total. The van der Waals surface area contributed by atoms with Crippen LogP contribution in [0.1, 0.15) is 65.7 Å². The fourth-order valence-electron chi connectivity index (χ4n) is 4.92. The fourth-order valence-corrected chi connectivity index (χ4v) is 4.92. The van der Waals surface area contributed by atoms with E-state index >= 15 is 0 Å². The molecule has 0 spiro atoms. The Morgan fingerprint density at radius 3 is 2.33 bits per heavy atom. The van der Waals surface area contributed by atoms with Crippen LogP contribution in [0.15, 0.2) is 55.1 Å². The zero-order chi connectivity index (χ0) is 28.8. The summed E-state index contributed by atoms with van der Waals surface area (Å²) in [5.41, 5.74) is 1.37. The Balaban J connectivity index is 1.43. The molecule has 208 valence electrons. The maximum absolute atomic E-state index is 13.7. The van der Waals surface area contributed by atoms with E-state index in [1.807, 2.05) is 27.7 Å². The second kappa shape index (κ2) is 10.00. The van der Waals surface area contributed by atoms with Crippen LogP contribution < -0.4 is 0 Å². The summed E-state index contributed by atoms with van der Waals surface area (Å²) in [6.45, 7) is 8.67. The van der Waals surface area contributed by atoms with Crippen molar-refractivity contribution in [2.75, 3.05) is 19.6 Å². The van der Waals surface area contributed by atoms with Gasteiger partial charge in [-0.25, -0.2) is 19.5 Å². The molecule has 12 heteroatoms. The lowest BCUT2D eigenvalue weighted by Gasteiger charge is -2.46. The number of piperazine rings is 1. The Kier molecular flexibility index (Phi) is 6.80. The van der Waals surface area contributed by atoms with Crippen molar-refractivity contribution in [1.29, 1.82) is 0 Å². The number of carbonyl (C=O) groups is 2. The van der Waals surface area contributed by atoms with Crippen molar-refractivity contribution in [2.24, 2.45) is 0 Å². The van der Waals surface area contributed by atoms with Gasteiger partial charge in [0.1, 0.15) is 17.7 Å². The smallest absolute Gasteiger partial charge is 0.333 e. The van der Waals surface area contributed by atoms with Gasteiger partial charge in [-0.05, 0) is 44.0 Å². The zero-order valence-electron chi connectivity index (χ0n) is 22.5. The number of amides is 2. The number of aromatic nitrogens is 5. The molecule has 0 radical (unpaired) electrons. The van der Waals surface area contributed by atoms with E-state index in [1.165, 1.54) is 29.2 Å². The first kappa shape index (κ1) is 27.2. The monoisotopic (exact) mass is 551 g/mol. The van der Waals surface area contributed by atoms with Crippen molar-refractivity contribution in [3.05, 3.63) is 77.6 Å². The van der Waals surface area contributed by atoms with Gasteiger partial charge in [-0.15, -0.1) is 0 Å². The summed E-state index contributed by atoms with van der Waals surface area (Å²) in [7, 11) is 0. The van der Waals surface area contributed by atoms with Crippen LogP contribution in [0.5, 0.6) is 0 Å². The Morgan fingerprint density at radius 2 is 1.73 bits per heavy atom. The molecule has 5 rings (SSSR count). The number of alkyl halides is 3. The predicted octanol–water partition coefficient (Wildman–Crippen LogP) is 4.71. The first-order chi connectivity index (χ1) is 18.8. The third kappa shape index (κ3) is 5.13. The summed E-state index contributed by atoms with van der Waals surface area (Å²) in [5.74, 6) is -0.510. The minimum absolute atomic E-state index is 0.0110. The van der Waals surface area contributed by atoms with Crippen molar-refractivity contribution >= 4 is 17.5 Å². The number of fused-ring (bicyclic) bond motifs is 1. The van der Waals surface area contributed by atoms with E-state index in [0.717, 1.165) is 17.7 Å². The highest BCUT2D eigenvalue weighted by Gasteiger charge is 2.40. The van der Waals surface area contributed by atoms with E-state index in [0.29, 0.717) is 42.2 Å². The number of hydrogen-bond donors (Lipinski definition) is 0. The van der Waals surface area contributed by atoms with Gasteiger partial charge in [0.15, 0.2) is 5.65 Å². The predicted molar refractivity (Wildman–Crippen MR) is 141 cm³/mol. The standard InChI is InChI=1S/C28H28F3N7O2/c1-17(2)20-13-22(18-5-7-19(8-6-18)28(29,30)31)35-38-14-23(34-24(20)38)26(40)37-12-11-36(15-27(37,3)4)25(39)21-9-10-32-16-33-21/h5-10,13-14,16-17H,11-12,15H2,1-4H3. The van der Waals surface area contributed by atoms with Crippen molar-refractivity contribution in [1.82, 2.24) is 34.4 Å². The van der Waals surface area contributed by atoms with Gasteiger partial charge in [0, 0.05) is 37.0 Å². The van der Waals surface area contributed by atoms with Gasteiger partial charge in [0.05, 0.1) is 23.0 Å². The van der Waals surface area contributed by atoms with Crippen LogP contribution in [0.25, 0.3) is 16.9 Å². The average Bonchev–Trinajstić information content (AvgIpc) is 3.35. The summed E-state index contributed by atoms with van der Waals surface area (Å²) in [5, 5.41) is 4.57. The molecule has 0 atom stereocenters. The van der Waals surface area contributed by atoms with E-state index in [2.05, 4.69) is 20.1 Å². The zero-order valence-corrected chi connectivity index (χ0v) is 22.5. The van der Waals surface area contributed by atoms with Gasteiger partial charge >= 0.3 is 6.18 Å². The molecule has 0 unspecified atom stereocenters. The first-order valence-corrected chi connectivity index (χ1v) is 12.8. The van der Waals surface area contributed by atoms with E-state index in [-0.39, 0.29) is 23.4 Å².